The quantitative estimate of drug-likeness (QED) is 0.202. The van der Waals surface area contributed by atoms with Gasteiger partial charge in [-0.15, -0.1) is 17.8 Å². The maximum atomic E-state index is 15.0. The number of benzene rings is 2. The second-order valence-corrected chi connectivity index (χ2v) is 9.83. The average molecular weight is 560 g/mol. The molecule has 0 spiro atoms. The molecule has 0 bridgehead atoms. The van der Waals surface area contributed by atoms with Crippen molar-refractivity contribution in [3.8, 4) is 34.5 Å². The summed E-state index contributed by atoms with van der Waals surface area (Å²) in [6.07, 6.45) is 10.2. The number of aromatic nitrogens is 3. The van der Waals surface area contributed by atoms with Crippen LogP contribution in [0.15, 0.2) is 67.1 Å². The van der Waals surface area contributed by atoms with E-state index in [1.807, 2.05) is 23.9 Å². The van der Waals surface area contributed by atoms with E-state index in [9.17, 15) is 13.6 Å². The van der Waals surface area contributed by atoms with Crippen molar-refractivity contribution in [1.29, 1.82) is 0 Å². The number of terminal acetylenes is 1. The molecule has 0 fully saturated rings. The summed E-state index contributed by atoms with van der Waals surface area (Å²) in [5.41, 5.74) is 1.60. The highest BCUT2D eigenvalue weighted by molar-refractivity contribution is 7.80. The number of hydrogen-bond acceptors (Lipinski definition) is 6. The molecule has 0 saturated heterocycles. The summed E-state index contributed by atoms with van der Waals surface area (Å²) in [6, 6.07) is 11.8. The molecule has 39 heavy (non-hydrogen) atoms. The number of aryl methyl sites for hydroxylation is 1. The molecule has 0 saturated carbocycles. The van der Waals surface area contributed by atoms with Gasteiger partial charge in [-0.25, -0.2) is 13.8 Å². The third-order valence-electron chi connectivity index (χ3n) is 5.64. The Balaban J connectivity index is 1.25. The van der Waals surface area contributed by atoms with Crippen LogP contribution < -0.4 is 15.4 Å². The molecular weight excluding hydrogens is 540 g/mol. The van der Waals surface area contributed by atoms with Crippen LogP contribution in [-0.2, 0) is 18.3 Å². The van der Waals surface area contributed by atoms with Gasteiger partial charge in [-0.2, -0.15) is 0 Å². The van der Waals surface area contributed by atoms with Gasteiger partial charge in [0.25, 0.3) is 0 Å². The smallest absolute Gasteiger partial charge is 0.230 e. The van der Waals surface area contributed by atoms with Crippen molar-refractivity contribution in [2.45, 2.75) is 6.42 Å². The van der Waals surface area contributed by atoms with Gasteiger partial charge in [-0.3, -0.25) is 9.78 Å². The van der Waals surface area contributed by atoms with Crippen LogP contribution in [0.5, 0.6) is 11.5 Å². The van der Waals surface area contributed by atoms with Crippen molar-refractivity contribution >= 4 is 50.5 Å². The minimum Gasteiger partial charge on any atom is -0.453 e. The molecule has 2 N–H and O–H groups in total. The Morgan fingerprint density at radius 2 is 1.95 bits per heavy atom. The number of fused-ring (bicyclic) bond motifs is 1. The molecule has 3 heterocycles. The summed E-state index contributed by atoms with van der Waals surface area (Å²) in [6.45, 7) is 0. The van der Waals surface area contributed by atoms with Gasteiger partial charge in [-0.05, 0) is 54.2 Å². The van der Waals surface area contributed by atoms with Crippen LogP contribution in [0.4, 0.5) is 14.5 Å². The molecule has 0 aliphatic rings. The maximum Gasteiger partial charge on any atom is 0.230 e. The molecule has 1 amide bonds. The van der Waals surface area contributed by atoms with E-state index in [1.54, 1.807) is 24.5 Å². The van der Waals surface area contributed by atoms with E-state index < -0.39 is 17.5 Å². The number of halogens is 2. The molecule has 0 aliphatic heterocycles. The van der Waals surface area contributed by atoms with E-state index in [0.717, 1.165) is 15.4 Å². The molecular formula is C28H19F2N5O2S2. The number of carbonyl (C=O) groups excluding carboxylic acids is 1. The molecule has 5 aromatic rings. The van der Waals surface area contributed by atoms with Gasteiger partial charge in [0.2, 0.25) is 5.91 Å². The Hall–Kier alpha value is -4.66. The van der Waals surface area contributed by atoms with E-state index >= 15 is 0 Å². The first-order valence-electron chi connectivity index (χ1n) is 11.5. The van der Waals surface area contributed by atoms with E-state index in [2.05, 4.69) is 26.5 Å². The van der Waals surface area contributed by atoms with Crippen molar-refractivity contribution in [1.82, 2.24) is 19.9 Å². The summed E-state index contributed by atoms with van der Waals surface area (Å²) < 4.78 is 37.5. The number of thiophene rings is 1. The van der Waals surface area contributed by atoms with Crippen LogP contribution in [0.3, 0.4) is 0 Å². The summed E-state index contributed by atoms with van der Waals surface area (Å²) >= 11 is 6.60. The van der Waals surface area contributed by atoms with Gasteiger partial charge in [0, 0.05) is 49.0 Å². The van der Waals surface area contributed by atoms with E-state index in [0.29, 0.717) is 22.5 Å². The number of pyridine rings is 1. The first-order valence-corrected chi connectivity index (χ1v) is 12.7. The summed E-state index contributed by atoms with van der Waals surface area (Å²) in [5.74, 6) is 1.89. The Morgan fingerprint density at radius 3 is 2.69 bits per heavy atom. The van der Waals surface area contributed by atoms with Crippen molar-refractivity contribution in [2.24, 2.45) is 7.05 Å². The predicted octanol–water partition coefficient (Wildman–Crippen LogP) is 5.80. The van der Waals surface area contributed by atoms with Gasteiger partial charge in [0.1, 0.15) is 17.4 Å². The summed E-state index contributed by atoms with van der Waals surface area (Å²) in [7, 11) is 1.90. The number of thiocarbonyl (C=S) groups is 1. The zero-order chi connectivity index (χ0) is 27.5. The zero-order valence-electron chi connectivity index (χ0n) is 20.4. The Kier molecular flexibility index (Phi) is 7.31. The van der Waals surface area contributed by atoms with Crippen LogP contribution in [0.2, 0.25) is 0 Å². The molecule has 0 unspecified atom stereocenters. The van der Waals surface area contributed by atoms with Gasteiger partial charge in [-0.1, -0.05) is 5.92 Å². The highest BCUT2D eigenvalue weighted by atomic mass is 32.1. The fourth-order valence-electron chi connectivity index (χ4n) is 3.79. The summed E-state index contributed by atoms with van der Waals surface area (Å²) in [4.78, 5) is 22.0. The molecule has 194 valence electrons. The summed E-state index contributed by atoms with van der Waals surface area (Å²) in [5, 5.41) is 5.12. The lowest BCUT2D eigenvalue weighted by Crippen LogP contribution is -2.35. The molecule has 2 aromatic carbocycles. The monoisotopic (exact) mass is 559 g/mol. The van der Waals surface area contributed by atoms with Crippen LogP contribution in [0, 0.1) is 24.0 Å². The van der Waals surface area contributed by atoms with Crippen molar-refractivity contribution in [2.75, 3.05) is 5.32 Å². The number of hydrogen-bond donors (Lipinski definition) is 2. The first-order chi connectivity index (χ1) is 18.8. The van der Waals surface area contributed by atoms with Gasteiger partial charge in [0.15, 0.2) is 16.7 Å². The second-order valence-electron chi connectivity index (χ2n) is 8.37. The second kappa shape index (κ2) is 11.0. The Labute approximate surface area is 231 Å². The minimum atomic E-state index is -0.645. The lowest BCUT2D eigenvalue weighted by molar-refractivity contribution is -0.119. The van der Waals surface area contributed by atoms with Gasteiger partial charge in [0.05, 0.1) is 21.5 Å². The lowest BCUT2D eigenvalue weighted by Gasteiger charge is -2.12. The van der Waals surface area contributed by atoms with Gasteiger partial charge < -0.3 is 19.9 Å². The molecule has 0 atom stereocenters. The fraction of sp³-hybridized carbons (Fsp3) is 0.0714. The van der Waals surface area contributed by atoms with Crippen molar-refractivity contribution in [3.05, 3.63) is 89.9 Å². The van der Waals surface area contributed by atoms with Crippen molar-refractivity contribution in [3.63, 3.8) is 0 Å². The van der Waals surface area contributed by atoms with Gasteiger partial charge >= 0.3 is 0 Å². The van der Waals surface area contributed by atoms with Crippen molar-refractivity contribution < 1.29 is 18.3 Å². The van der Waals surface area contributed by atoms with Crippen LogP contribution in [0.25, 0.3) is 20.9 Å². The zero-order valence-corrected chi connectivity index (χ0v) is 22.0. The highest BCUT2D eigenvalue weighted by Gasteiger charge is 2.16. The van der Waals surface area contributed by atoms with E-state index in [1.165, 1.54) is 41.7 Å². The number of anilines is 1. The van der Waals surface area contributed by atoms with Crippen LogP contribution >= 0.6 is 23.6 Å². The topological polar surface area (TPSA) is 81.1 Å². The predicted molar refractivity (Wildman–Crippen MR) is 151 cm³/mol. The lowest BCUT2D eigenvalue weighted by atomic mass is 10.1. The molecule has 11 heteroatoms. The Morgan fingerprint density at radius 1 is 1.10 bits per heavy atom. The third kappa shape index (κ3) is 5.77. The number of rotatable bonds is 6. The standard InChI is InChI=1S/C28H19F2N5O2S2/c1-3-16-4-6-19(29)17(12-16)13-25(36)34-28(38)33-18-5-7-22(20(30)14-18)37-23-8-9-31-21-15-24(39-26(21)23)27-32-10-11-35(27)2/h1,4-12,14-15H,13H2,2H3,(H2,33,34,36,38). The number of amides is 1. The third-order valence-corrected chi connectivity index (χ3v) is 6.98. The number of ether oxygens (including phenoxy) is 1. The number of carbonyl (C=O) groups is 1. The number of nitrogens with one attached hydrogen (secondary N) is 2. The fourth-order valence-corrected chi connectivity index (χ4v) is 5.13. The van der Waals surface area contributed by atoms with Crippen LogP contribution in [-0.4, -0.2) is 25.6 Å². The molecule has 0 radical (unpaired) electrons. The van der Waals surface area contributed by atoms with E-state index in [4.69, 9.17) is 23.4 Å². The maximum absolute atomic E-state index is 15.0. The molecule has 7 nitrogen and oxygen atoms in total. The largest absolute Gasteiger partial charge is 0.453 e. The van der Waals surface area contributed by atoms with Crippen LogP contribution in [0.1, 0.15) is 11.1 Å². The Bertz CT molecular complexity index is 1770. The molecule has 3 aromatic heterocycles. The molecule has 0 aliphatic carbocycles. The van der Waals surface area contributed by atoms with E-state index in [-0.39, 0.29) is 22.8 Å². The minimum absolute atomic E-state index is 0.00110. The number of imidazole rings is 1. The normalized spacial score (nSPS) is 10.7. The highest BCUT2D eigenvalue weighted by Crippen LogP contribution is 2.39. The SMILES string of the molecule is C#Cc1ccc(F)c(CC(=O)NC(=S)Nc2ccc(Oc3ccnc4cc(-c5nccn5C)sc34)c(F)c2)c1. The average Bonchev–Trinajstić information content (AvgIpc) is 3.53. The molecule has 5 rings (SSSR count). The number of nitrogens with zero attached hydrogens (tertiary/aromatic N) is 3. The first kappa shape index (κ1) is 26.0.